The average molecular weight is 298 g/mol. The first-order valence-corrected chi connectivity index (χ1v) is 6.50. The molecule has 6 nitrogen and oxygen atoms in total. The molecule has 1 heterocycles. The maximum Gasteiger partial charge on any atom is 0.253 e. The Balaban J connectivity index is 2.23. The first-order valence-electron chi connectivity index (χ1n) is 6.12. The van der Waals surface area contributed by atoms with Crippen LogP contribution < -0.4 is 15.2 Å². The second kappa shape index (κ2) is 6.58. The fourth-order valence-electron chi connectivity index (χ4n) is 1.81. The normalized spacial score (nSPS) is 10.6. The highest BCUT2D eigenvalue weighted by Crippen LogP contribution is 2.35. The number of aromatic nitrogens is 2. The monoisotopic (exact) mass is 297 g/mol. The van der Waals surface area contributed by atoms with Gasteiger partial charge in [0.1, 0.15) is 0 Å². The van der Waals surface area contributed by atoms with Crippen LogP contribution in [0.5, 0.6) is 11.5 Å². The van der Waals surface area contributed by atoms with Gasteiger partial charge in [-0.1, -0.05) is 11.6 Å². The number of halogens is 1. The molecule has 20 heavy (non-hydrogen) atoms. The molecule has 0 aliphatic carbocycles. The van der Waals surface area contributed by atoms with Crippen molar-refractivity contribution in [3.63, 3.8) is 0 Å². The van der Waals surface area contributed by atoms with Crippen molar-refractivity contribution in [2.75, 3.05) is 13.7 Å². The van der Waals surface area contributed by atoms with Gasteiger partial charge < -0.3 is 19.6 Å². The van der Waals surface area contributed by atoms with Crippen LogP contribution in [0.3, 0.4) is 0 Å². The van der Waals surface area contributed by atoms with Crippen molar-refractivity contribution < 1.29 is 13.9 Å². The first-order chi connectivity index (χ1) is 9.63. The van der Waals surface area contributed by atoms with Crippen LogP contribution >= 0.6 is 11.6 Å². The summed E-state index contributed by atoms with van der Waals surface area (Å²) in [6.45, 7) is 2.37. The summed E-state index contributed by atoms with van der Waals surface area (Å²) >= 11 is 6.04. The summed E-state index contributed by atoms with van der Waals surface area (Å²) in [6.07, 6.45) is 0.634. The predicted molar refractivity (Wildman–Crippen MR) is 74.1 cm³/mol. The van der Waals surface area contributed by atoms with Crippen molar-refractivity contribution in [3.8, 4) is 11.5 Å². The number of hydrogen-bond donors (Lipinski definition) is 1. The maximum absolute atomic E-state index is 6.04. The number of nitrogens with two attached hydrogens (primary N) is 1. The van der Waals surface area contributed by atoms with Gasteiger partial charge in [0.15, 0.2) is 18.1 Å². The van der Waals surface area contributed by atoms with E-state index in [0.29, 0.717) is 41.3 Å². The van der Waals surface area contributed by atoms with E-state index in [1.807, 2.05) is 6.07 Å². The third kappa shape index (κ3) is 3.40. The Morgan fingerprint density at radius 3 is 2.75 bits per heavy atom. The fourth-order valence-corrected chi connectivity index (χ4v) is 2.04. The van der Waals surface area contributed by atoms with Crippen molar-refractivity contribution >= 4 is 11.6 Å². The van der Waals surface area contributed by atoms with Gasteiger partial charge in [0.05, 0.1) is 7.11 Å². The predicted octanol–water partition coefficient (Wildman–Crippen LogP) is 2.12. The van der Waals surface area contributed by atoms with Gasteiger partial charge in [0, 0.05) is 23.6 Å². The largest absolute Gasteiger partial charge is 0.493 e. The molecule has 1 aromatic heterocycles. The zero-order chi connectivity index (χ0) is 14.5. The van der Waals surface area contributed by atoms with E-state index in [4.69, 9.17) is 31.2 Å². The summed E-state index contributed by atoms with van der Waals surface area (Å²) in [6, 6.07) is 3.50. The Morgan fingerprint density at radius 1 is 1.35 bits per heavy atom. The SMILES string of the molecule is COc1cc(Cl)cc(CCN)c1OCc1nnc(C)o1. The molecule has 2 aromatic rings. The minimum atomic E-state index is 0.163. The lowest BCUT2D eigenvalue weighted by Gasteiger charge is -2.14. The molecule has 2 rings (SSSR count). The molecule has 108 valence electrons. The number of rotatable bonds is 6. The van der Waals surface area contributed by atoms with Crippen LogP contribution in [0.1, 0.15) is 17.3 Å². The van der Waals surface area contributed by atoms with E-state index in [0.717, 1.165) is 5.56 Å². The fraction of sp³-hybridized carbons (Fsp3) is 0.385. The summed E-state index contributed by atoms with van der Waals surface area (Å²) < 4.78 is 16.3. The van der Waals surface area contributed by atoms with Gasteiger partial charge in [0.2, 0.25) is 5.89 Å². The lowest BCUT2D eigenvalue weighted by Crippen LogP contribution is -2.07. The molecular weight excluding hydrogens is 282 g/mol. The van der Waals surface area contributed by atoms with E-state index >= 15 is 0 Å². The van der Waals surface area contributed by atoms with Crippen LogP contribution in [0.25, 0.3) is 0 Å². The summed E-state index contributed by atoms with van der Waals surface area (Å²) in [7, 11) is 1.56. The summed E-state index contributed by atoms with van der Waals surface area (Å²) in [4.78, 5) is 0. The molecule has 0 saturated carbocycles. The van der Waals surface area contributed by atoms with Gasteiger partial charge in [-0.25, -0.2) is 0 Å². The smallest absolute Gasteiger partial charge is 0.253 e. The molecule has 0 atom stereocenters. The molecule has 0 unspecified atom stereocenters. The second-order valence-electron chi connectivity index (χ2n) is 4.14. The highest BCUT2D eigenvalue weighted by molar-refractivity contribution is 6.30. The Labute approximate surface area is 121 Å². The van der Waals surface area contributed by atoms with E-state index in [9.17, 15) is 0 Å². The molecule has 2 N–H and O–H groups in total. The van der Waals surface area contributed by atoms with Gasteiger partial charge in [-0.15, -0.1) is 10.2 Å². The number of methoxy groups -OCH3 is 1. The quantitative estimate of drug-likeness (QED) is 0.879. The first kappa shape index (κ1) is 14.6. The number of ether oxygens (including phenoxy) is 2. The van der Waals surface area contributed by atoms with Crippen LogP contribution in [-0.2, 0) is 13.0 Å². The van der Waals surface area contributed by atoms with Crippen molar-refractivity contribution in [1.29, 1.82) is 0 Å². The average Bonchev–Trinajstić information content (AvgIpc) is 2.83. The third-order valence-electron chi connectivity index (χ3n) is 2.64. The molecule has 7 heteroatoms. The van der Waals surface area contributed by atoms with E-state index in [-0.39, 0.29) is 6.61 Å². The van der Waals surface area contributed by atoms with E-state index in [1.54, 1.807) is 20.1 Å². The molecule has 0 amide bonds. The molecule has 0 aliphatic heterocycles. The molecule has 0 fully saturated rings. The maximum atomic E-state index is 6.04. The molecule has 0 bridgehead atoms. The van der Waals surface area contributed by atoms with Crippen LogP contribution in [-0.4, -0.2) is 23.9 Å². The standard InChI is InChI=1S/C13H16ClN3O3/c1-8-16-17-12(20-8)7-19-13-9(3-4-15)5-10(14)6-11(13)18-2/h5-6H,3-4,7,15H2,1-2H3. The Kier molecular flexibility index (Phi) is 4.81. The van der Waals surface area contributed by atoms with Gasteiger partial charge in [-0.2, -0.15) is 0 Å². The van der Waals surface area contributed by atoms with Gasteiger partial charge in [-0.3, -0.25) is 0 Å². The summed E-state index contributed by atoms with van der Waals surface area (Å²) in [5.74, 6) is 2.04. The van der Waals surface area contributed by atoms with Crippen molar-refractivity contribution in [3.05, 3.63) is 34.5 Å². The van der Waals surface area contributed by atoms with Gasteiger partial charge >= 0.3 is 0 Å². The number of benzene rings is 1. The zero-order valence-corrected chi connectivity index (χ0v) is 12.1. The Bertz CT molecular complexity index is 586. The zero-order valence-electron chi connectivity index (χ0n) is 11.4. The Hall–Kier alpha value is -1.79. The topological polar surface area (TPSA) is 83.4 Å². The highest BCUT2D eigenvalue weighted by atomic mass is 35.5. The van der Waals surface area contributed by atoms with Crippen LogP contribution in [0.15, 0.2) is 16.5 Å². The molecule has 0 spiro atoms. The molecule has 0 radical (unpaired) electrons. The van der Waals surface area contributed by atoms with E-state index < -0.39 is 0 Å². The van der Waals surface area contributed by atoms with Crippen molar-refractivity contribution in [1.82, 2.24) is 10.2 Å². The molecule has 0 saturated heterocycles. The lowest BCUT2D eigenvalue weighted by atomic mass is 10.1. The van der Waals surface area contributed by atoms with Gasteiger partial charge in [0.25, 0.3) is 5.89 Å². The van der Waals surface area contributed by atoms with E-state index in [1.165, 1.54) is 0 Å². The summed E-state index contributed by atoms with van der Waals surface area (Å²) in [5, 5.41) is 8.20. The molecule has 1 aromatic carbocycles. The molecular formula is C13H16ClN3O3. The van der Waals surface area contributed by atoms with Crippen molar-refractivity contribution in [2.24, 2.45) is 5.73 Å². The number of aryl methyl sites for hydroxylation is 1. The van der Waals surface area contributed by atoms with E-state index in [2.05, 4.69) is 10.2 Å². The Morgan fingerprint density at radius 2 is 2.15 bits per heavy atom. The van der Waals surface area contributed by atoms with Crippen LogP contribution in [0.4, 0.5) is 0 Å². The van der Waals surface area contributed by atoms with Crippen LogP contribution in [0.2, 0.25) is 5.02 Å². The highest BCUT2D eigenvalue weighted by Gasteiger charge is 2.14. The van der Waals surface area contributed by atoms with Gasteiger partial charge in [-0.05, 0) is 19.0 Å². The lowest BCUT2D eigenvalue weighted by molar-refractivity contribution is 0.245. The third-order valence-corrected chi connectivity index (χ3v) is 2.86. The minimum absolute atomic E-state index is 0.163. The summed E-state index contributed by atoms with van der Waals surface area (Å²) in [5.41, 5.74) is 6.48. The van der Waals surface area contributed by atoms with Crippen molar-refractivity contribution in [2.45, 2.75) is 20.0 Å². The number of hydrogen-bond acceptors (Lipinski definition) is 6. The molecule has 0 aliphatic rings. The second-order valence-corrected chi connectivity index (χ2v) is 4.57. The number of nitrogens with zero attached hydrogens (tertiary/aromatic N) is 2. The van der Waals surface area contributed by atoms with Crippen LogP contribution in [0, 0.1) is 6.92 Å². The minimum Gasteiger partial charge on any atom is -0.493 e.